The lowest BCUT2D eigenvalue weighted by Crippen LogP contribution is -2.15. The van der Waals surface area contributed by atoms with Crippen LogP contribution < -0.4 is 0 Å². The lowest BCUT2D eigenvalue weighted by atomic mass is 10.5. The molecule has 0 radical (unpaired) electrons. The molecule has 0 atom stereocenters. The van der Waals surface area contributed by atoms with E-state index in [0.717, 1.165) is 26.4 Å². The van der Waals surface area contributed by atoms with Crippen LogP contribution in [0.15, 0.2) is 0 Å². The van der Waals surface area contributed by atoms with E-state index in [2.05, 4.69) is 15.9 Å². The van der Waals surface area contributed by atoms with Gasteiger partial charge in [0.25, 0.3) is 0 Å². The van der Waals surface area contributed by atoms with Crippen molar-refractivity contribution in [3.05, 3.63) is 0 Å². The van der Waals surface area contributed by atoms with E-state index in [0.29, 0.717) is 4.83 Å². The van der Waals surface area contributed by atoms with Crippen molar-refractivity contribution >= 4 is 15.9 Å². The highest BCUT2D eigenvalue weighted by Crippen LogP contribution is 2.00. The van der Waals surface area contributed by atoms with Gasteiger partial charge in [-0.3, -0.25) is 0 Å². The first-order valence-electron chi connectivity index (χ1n) is 3.60. The van der Waals surface area contributed by atoms with Crippen LogP contribution in [0.25, 0.3) is 0 Å². The number of rotatable bonds is 6. The monoisotopic (exact) mass is 210 g/mol. The van der Waals surface area contributed by atoms with Gasteiger partial charge in [0.05, 0.1) is 18.0 Å². The standard InChI is InChI=1S/C7H15BrO2/c1-3-9-5-7(8)6-10-4-2/h7H,3-6H2,1-2H3. The summed E-state index contributed by atoms with van der Waals surface area (Å²) in [6, 6.07) is 0. The zero-order valence-corrected chi connectivity index (χ0v) is 8.19. The van der Waals surface area contributed by atoms with Crippen LogP contribution in [0.1, 0.15) is 13.8 Å². The predicted molar refractivity (Wildman–Crippen MR) is 45.7 cm³/mol. The van der Waals surface area contributed by atoms with Crippen LogP contribution in [0.2, 0.25) is 0 Å². The quantitative estimate of drug-likeness (QED) is 0.624. The van der Waals surface area contributed by atoms with Crippen LogP contribution in [-0.2, 0) is 9.47 Å². The summed E-state index contributed by atoms with van der Waals surface area (Å²) < 4.78 is 10.3. The second-order valence-electron chi connectivity index (χ2n) is 1.92. The lowest BCUT2D eigenvalue weighted by molar-refractivity contribution is 0.101. The molecule has 0 amide bonds. The van der Waals surface area contributed by atoms with Crippen molar-refractivity contribution in [1.82, 2.24) is 0 Å². The van der Waals surface area contributed by atoms with E-state index in [1.54, 1.807) is 0 Å². The fourth-order valence-electron chi connectivity index (χ4n) is 0.540. The molecule has 0 bridgehead atoms. The molecule has 2 nitrogen and oxygen atoms in total. The molecule has 62 valence electrons. The van der Waals surface area contributed by atoms with Crippen LogP contribution in [0, 0.1) is 0 Å². The van der Waals surface area contributed by atoms with E-state index in [4.69, 9.17) is 9.47 Å². The minimum Gasteiger partial charge on any atom is -0.380 e. The zero-order chi connectivity index (χ0) is 7.82. The van der Waals surface area contributed by atoms with Gasteiger partial charge < -0.3 is 9.47 Å². The van der Waals surface area contributed by atoms with Crippen molar-refractivity contribution in [2.75, 3.05) is 26.4 Å². The average Bonchev–Trinajstić information content (AvgIpc) is 1.97. The van der Waals surface area contributed by atoms with Crippen LogP contribution in [0.5, 0.6) is 0 Å². The maximum Gasteiger partial charge on any atom is 0.0613 e. The summed E-state index contributed by atoms with van der Waals surface area (Å²) >= 11 is 3.43. The Morgan fingerprint density at radius 2 is 1.50 bits per heavy atom. The van der Waals surface area contributed by atoms with Crippen molar-refractivity contribution in [3.8, 4) is 0 Å². The molecule has 0 saturated carbocycles. The largest absolute Gasteiger partial charge is 0.380 e. The van der Waals surface area contributed by atoms with Crippen molar-refractivity contribution in [3.63, 3.8) is 0 Å². The maximum atomic E-state index is 5.17. The van der Waals surface area contributed by atoms with Crippen molar-refractivity contribution in [1.29, 1.82) is 0 Å². The van der Waals surface area contributed by atoms with Gasteiger partial charge in [-0.2, -0.15) is 0 Å². The summed E-state index contributed by atoms with van der Waals surface area (Å²) in [7, 11) is 0. The maximum absolute atomic E-state index is 5.17. The summed E-state index contributed by atoms with van der Waals surface area (Å²) in [4.78, 5) is 0.340. The van der Waals surface area contributed by atoms with Gasteiger partial charge in [-0.1, -0.05) is 15.9 Å². The number of ether oxygens (including phenoxy) is 2. The third-order valence-electron chi connectivity index (χ3n) is 1.01. The molecule has 0 rings (SSSR count). The third-order valence-corrected chi connectivity index (χ3v) is 1.53. The number of alkyl halides is 1. The average molecular weight is 211 g/mol. The molecular weight excluding hydrogens is 196 g/mol. The SMILES string of the molecule is CCOCC(Br)COCC. The van der Waals surface area contributed by atoms with Gasteiger partial charge in [0.2, 0.25) is 0 Å². The Morgan fingerprint density at radius 1 is 1.10 bits per heavy atom. The molecule has 0 aromatic rings. The number of halogens is 1. The van der Waals surface area contributed by atoms with E-state index >= 15 is 0 Å². The van der Waals surface area contributed by atoms with E-state index in [-0.39, 0.29) is 0 Å². The summed E-state index contributed by atoms with van der Waals surface area (Å²) in [5.41, 5.74) is 0. The number of hydrogen-bond acceptors (Lipinski definition) is 2. The van der Waals surface area contributed by atoms with Crippen LogP contribution >= 0.6 is 15.9 Å². The molecular formula is C7H15BrO2. The first-order valence-corrected chi connectivity index (χ1v) is 4.52. The van der Waals surface area contributed by atoms with Gasteiger partial charge in [0, 0.05) is 13.2 Å². The van der Waals surface area contributed by atoms with Gasteiger partial charge in [-0.15, -0.1) is 0 Å². The van der Waals surface area contributed by atoms with Crippen molar-refractivity contribution < 1.29 is 9.47 Å². The molecule has 0 spiro atoms. The predicted octanol–water partition coefficient (Wildman–Crippen LogP) is 1.82. The molecule has 0 saturated heterocycles. The highest BCUT2D eigenvalue weighted by Gasteiger charge is 2.01. The van der Waals surface area contributed by atoms with Gasteiger partial charge in [-0.25, -0.2) is 0 Å². The van der Waals surface area contributed by atoms with Crippen molar-refractivity contribution in [2.24, 2.45) is 0 Å². The van der Waals surface area contributed by atoms with Gasteiger partial charge in [0.1, 0.15) is 0 Å². The summed E-state index contributed by atoms with van der Waals surface area (Å²) in [6.07, 6.45) is 0. The lowest BCUT2D eigenvalue weighted by Gasteiger charge is -2.08. The van der Waals surface area contributed by atoms with E-state index in [1.807, 2.05) is 13.8 Å². The Morgan fingerprint density at radius 3 is 1.80 bits per heavy atom. The van der Waals surface area contributed by atoms with E-state index in [9.17, 15) is 0 Å². The van der Waals surface area contributed by atoms with Gasteiger partial charge >= 0.3 is 0 Å². The molecule has 0 aliphatic heterocycles. The third kappa shape index (κ3) is 6.52. The Kier molecular flexibility index (Phi) is 7.81. The van der Waals surface area contributed by atoms with Gasteiger partial charge in [-0.05, 0) is 13.8 Å². The Hall–Kier alpha value is 0.400. The van der Waals surface area contributed by atoms with Crippen molar-refractivity contribution in [2.45, 2.75) is 18.7 Å². The van der Waals surface area contributed by atoms with E-state index in [1.165, 1.54) is 0 Å². The summed E-state index contributed by atoms with van der Waals surface area (Å²) in [5.74, 6) is 0. The number of hydrogen-bond donors (Lipinski definition) is 0. The first-order chi connectivity index (χ1) is 4.81. The molecule has 0 unspecified atom stereocenters. The van der Waals surface area contributed by atoms with Gasteiger partial charge in [0.15, 0.2) is 0 Å². The fourth-order valence-corrected chi connectivity index (χ4v) is 0.913. The topological polar surface area (TPSA) is 18.5 Å². The highest BCUT2D eigenvalue weighted by atomic mass is 79.9. The molecule has 10 heavy (non-hydrogen) atoms. The molecule has 0 N–H and O–H groups in total. The molecule has 0 heterocycles. The smallest absolute Gasteiger partial charge is 0.0613 e. The molecule has 0 aliphatic carbocycles. The molecule has 0 aromatic carbocycles. The molecule has 0 aliphatic rings. The van der Waals surface area contributed by atoms with E-state index < -0.39 is 0 Å². The normalized spacial score (nSPS) is 10.8. The van der Waals surface area contributed by atoms with Crippen LogP contribution in [0.4, 0.5) is 0 Å². The first kappa shape index (κ1) is 10.4. The molecule has 0 aromatic heterocycles. The minimum atomic E-state index is 0.340. The van der Waals surface area contributed by atoms with Crippen LogP contribution in [-0.4, -0.2) is 31.3 Å². The Labute approximate surface area is 71.0 Å². The second kappa shape index (κ2) is 7.51. The Balaban J connectivity index is 3.00. The summed E-state index contributed by atoms with van der Waals surface area (Å²) in [6.45, 7) is 6.98. The minimum absolute atomic E-state index is 0.340. The molecule has 3 heteroatoms. The second-order valence-corrected chi connectivity index (χ2v) is 3.21. The Bertz CT molecular complexity index is 60.6. The summed E-state index contributed by atoms with van der Waals surface area (Å²) in [5, 5.41) is 0. The van der Waals surface area contributed by atoms with Crippen LogP contribution in [0.3, 0.4) is 0 Å². The molecule has 0 fully saturated rings. The fraction of sp³-hybridized carbons (Fsp3) is 1.00. The zero-order valence-electron chi connectivity index (χ0n) is 6.60. The highest BCUT2D eigenvalue weighted by molar-refractivity contribution is 9.09.